The zero-order chi connectivity index (χ0) is 23.5. The van der Waals surface area contributed by atoms with E-state index in [9.17, 15) is 30.9 Å². The molecule has 3 aromatic rings. The number of hydrogen-bond donors (Lipinski definition) is 3. The van der Waals surface area contributed by atoms with Crippen LogP contribution < -0.4 is 15.4 Å². The Kier molecular flexibility index (Phi) is 6.63. The smallest absolute Gasteiger partial charge is 0.418 e. The van der Waals surface area contributed by atoms with Crippen molar-refractivity contribution in [3.05, 3.63) is 77.3 Å². The summed E-state index contributed by atoms with van der Waals surface area (Å²) in [5.41, 5.74) is -1.69. The van der Waals surface area contributed by atoms with Crippen LogP contribution in [0.4, 0.5) is 29.3 Å². The molecular formula is C20H14ClF3N2O5S. The molecule has 0 unspecified atom stereocenters. The third-order valence-electron chi connectivity index (χ3n) is 4.01. The second-order valence-electron chi connectivity index (χ2n) is 6.29. The van der Waals surface area contributed by atoms with Crippen LogP contribution in [0.2, 0.25) is 5.02 Å². The van der Waals surface area contributed by atoms with Crippen LogP contribution in [0.15, 0.2) is 71.6 Å². The van der Waals surface area contributed by atoms with Crippen LogP contribution in [-0.2, 0) is 16.3 Å². The molecule has 0 aliphatic heterocycles. The Labute approximate surface area is 185 Å². The van der Waals surface area contributed by atoms with Crippen molar-refractivity contribution in [1.29, 1.82) is 0 Å². The molecule has 0 bridgehead atoms. The van der Waals surface area contributed by atoms with Gasteiger partial charge in [0.2, 0.25) is 0 Å². The van der Waals surface area contributed by atoms with Crippen molar-refractivity contribution >= 4 is 39.1 Å². The number of anilines is 2. The van der Waals surface area contributed by atoms with E-state index in [0.29, 0.717) is 11.8 Å². The Morgan fingerprint density at radius 3 is 2.25 bits per heavy atom. The highest BCUT2D eigenvalue weighted by atomic mass is 35.5. The molecule has 0 aromatic heterocycles. The van der Waals surface area contributed by atoms with E-state index in [4.69, 9.17) is 16.3 Å². The van der Waals surface area contributed by atoms with Crippen LogP contribution in [0.3, 0.4) is 0 Å². The average Bonchev–Trinajstić information content (AvgIpc) is 2.68. The Morgan fingerprint density at radius 1 is 0.938 bits per heavy atom. The van der Waals surface area contributed by atoms with Crippen molar-refractivity contribution in [2.24, 2.45) is 0 Å². The van der Waals surface area contributed by atoms with Gasteiger partial charge in [-0.1, -0.05) is 35.9 Å². The maximum Gasteiger partial charge on any atom is 0.418 e. The van der Waals surface area contributed by atoms with Gasteiger partial charge in [0.1, 0.15) is 10.6 Å². The van der Waals surface area contributed by atoms with E-state index in [1.54, 1.807) is 18.2 Å². The predicted molar refractivity (Wildman–Crippen MR) is 112 cm³/mol. The van der Waals surface area contributed by atoms with Crippen LogP contribution in [0.1, 0.15) is 5.56 Å². The van der Waals surface area contributed by atoms with E-state index in [-0.39, 0.29) is 5.02 Å². The summed E-state index contributed by atoms with van der Waals surface area (Å²) in [6.07, 6.45) is -4.88. The molecule has 0 aliphatic rings. The Morgan fingerprint density at radius 2 is 1.62 bits per heavy atom. The fourth-order valence-electron chi connectivity index (χ4n) is 2.67. The molecule has 0 saturated heterocycles. The minimum absolute atomic E-state index is 0.00398. The van der Waals surface area contributed by atoms with Gasteiger partial charge in [-0.05, 0) is 36.4 Å². The summed E-state index contributed by atoms with van der Waals surface area (Å²) >= 11 is 5.84. The molecule has 168 valence electrons. The number of urea groups is 1. The van der Waals surface area contributed by atoms with Crippen molar-refractivity contribution in [2.75, 3.05) is 10.6 Å². The first-order chi connectivity index (χ1) is 14.9. The molecule has 12 heteroatoms. The summed E-state index contributed by atoms with van der Waals surface area (Å²) < 4.78 is 78.8. The molecule has 3 rings (SSSR count). The molecular weight excluding hydrogens is 473 g/mol. The lowest BCUT2D eigenvalue weighted by Gasteiger charge is -2.19. The number of para-hydroxylation sites is 2. The van der Waals surface area contributed by atoms with Crippen molar-refractivity contribution in [3.63, 3.8) is 0 Å². The lowest BCUT2D eigenvalue weighted by molar-refractivity contribution is -0.137. The number of alkyl halides is 3. The Balaban J connectivity index is 2.04. The summed E-state index contributed by atoms with van der Waals surface area (Å²) in [6, 6.07) is 12.8. The van der Waals surface area contributed by atoms with Crippen molar-refractivity contribution in [3.8, 4) is 11.5 Å². The minimum Gasteiger partial charge on any atom is -0.454 e. The summed E-state index contributed by atoms with van der Waals surface area (Å²) in [6.45, 7) is 0. The fourth-order valence-corrected chi connectivity index (χ4v) is 3.43. The average molecular weight is 487 g/mol. The van der Waals surface area contributed by atoms with E-state index in [1.165, 1.54) is 12.1 Å². The van der Waals surface area contributed by atoms with Gasteiger partial charge in [0.05, 0.1) is 11.3 Å². The number of carbonyl (C=O) groups excluding carboxylic acids is 1. The zero-order valence-electron chi connectivity index (χ0n) is 15.9. The van der Waals surface area contributed by atoms with Gasteiger partial charge in [-0.3, -0.25) is 4.55 Å². The standard InChI is InChI=1S/C20H14ClF3N2O5S/c21-12-9-10-17(32(28,29)30)16(11-12)31-15-8-4-7-14(20(22,23)24)18(15)26-19(27)25-13-5-2-1-3-6-13/h1-11H,(H2,25,26,27)(H,28,29,30). The lowest BCUT2D eigenvalue weighted by Crippen LogP contribution is -2.22. The molecule has 0 saturated carbocycles. The molecule has 0 spiro atoms. The molecule has 2 amide bonds. The van der Waals surface area contributed by atoms with Crippen LogP contribution >= 0.6 is 11.6 Å². The predicted octanol–water partition coefficient (Wildman–Crippen LogP) is 6.04. The second kappa shape index (κ2) is 9.07. The first kappa shape index (κ1) is 23.4. The second-order valence-corrected chi connectivity index (χ2v) is 8.12. The SMILES string of the molecule is O=C(Nc1ccccc1)Nc1c(Oc2cc(Cl)ccc2S(=O)(=O)O)cccc1C(F)(F)F. The van der Waals surface area contributed by atoms with Gasteiger partial charge in [0.15, 0.2) is 5.75 Å². The molecule has 0 heterocycles. The molecule has 3 aromatic carbocycles. The highest BCUT2D eigenvalue weighted by molar-refractivity contribution is 7.86. The zero-order valence-corrected chi connectivity index (χ0v) is 17.4. The van der Waals surface area contributed by atoms with Gasteiger partial charge in [0, 0.05) is 16.8 Å². The van der Waals surface area contributed by atoms with Gasteiger partial charge in [0.25, 0.3) is 10.1 Å². The first-order valence-electron chi connectivity index (χ1n) is 8.73. The molecule has 0 aliphatic carbocycles. The number of nitrogens with one attached hydrogen (secondary N) is 2. The van der Waals surface area contributed by atoms with Crippen LogP contribution in [-0.4, -0.2) is 19.0 Å². The van der Waals surface area contributed by atoms with Gasteiger partial charge >= 0.3 is 12.2 Å². The molecule has 0 fully saturated rings. The van der Waals surface area contributed by atoms with Gasteiger partial charge < -0.3 is 15.4 Å². The number of hydrogen-bond acceptors (Lipinski definition) is 4. The fraction of sp³-hybridized carbons (Fsp3) is 0.0500. The van der Waals surface area contributed by atoms with E-state index >= 15 is 0 Å². The summed E-state index contributed by atoms with van der Waals surface area (Å²) in [5, 5.41) is 4.46. The number of carbonyl (C=O) groups is 1. The molecule has 3 N–H and O–H groups in total. The van der Waals surface area contributed by atoms with E-state index < -0.39 is 50.0 Å². The first-order valence-corrected chi connectivity index (χ1v) is 10.5. The summed E-state index contributed by atoms with van der Waals surface area (Å²) in [5.74, 6) is -1.07. The number of rotatable bonds is 5. The third kappa shape index (κ3) is 5.69. The number of amides is 2. The number of ether oxygens (including phenoxy) is 1. The molecule has 0 radical (unpaired) electrons. The monoisotopic (exact) mass is 486 g/mol. The van der Waals surface area contributed by atoms with Gasteiger partial charge in [-0.15, -0.1) is 0 Å². The number of halogens is 4. The van der Waals surface area contributed by atoms with Crippen molar-refractivity contribution in [2.45, 2.75) is 11.1 Å². The van der Waals surface area contributed by atoms with E-state index in [1.807, 2.05) is 0 Å². The number of benzene rings is 3. The third-order valence-corrected chi connectivity index (χ3v) is 5.13. The highest BCUT2D eigenvalue weighted by Gasteiger charge is 2.36. The highest BCUT2D eigenvalue weighted by Crippen LogP contribution is 2.42. The largest absolute Gasteiger partial charge is 0.454 e. The van der Waals surface area contributed by atoms with Crippen molar-refractivity contribution < 1.29 is 35.7 Å². The molecule has 0 atom stereocenters. The summed E-state index contributed by atoms with van der Waals surface area (Å²) in [7, 11) is -4.79. The Bertz CT molecular complexity index is 1250. The quantitative estimate of drug-likeness (QED) is 0.381. The van der Waals surface area contributed by atoms with Crippen LogP contribution in [0.25, 0.3) is 0 Å². The van der Waals surface area contributed by atoms with Crippen LogP contribution in [0, 0.1) is 0 Å². The summed E-state index contributed by atoms with van der Waals surface area (Å²) in [4.78, 5) is 11.6. The minimum atomic E-state index is -4.88. The van der Waals surface area contributed by atoms with E-state index in [0.717, 1.165) is 30.3 Å². The Hall–Kier alpha value is -3.28. The molecule has 32 heavy (non-hydrogen) atoms. The molecule has 7 nitrogen and oxygen atoms in total. The van der Waals surface area contributed by atoms with Crippen molar-refractivity contribution in [1.82, 2.24) is 0 Å². The van der Waals surface area contributed by atoms with Gasteiger partial charge in [-0.25, -0.2) is 4.79 Å². The maximum absolute atomic E-state index is 13.6. The topological polar surface area (TPSA) is 105 Å². The maximum atomic E-state index is 13.6. The lowest BCUT2D eigenvalue weighted by atomic mass is 10.1. The normalized spacial score (nSPS) is 11.7. The van der Waals surface area contributed by atoms with Crippen LogP contribution in [0.5, 0.6) is 11.5 Å². The van der Waals surface area contributed by atoms with Gasteiger partial charge in [-0.2, -0.15) is 21.6 Å². The van der Waals surface area contributed by atoms with E-state index in [2.05, 4.69) is 10.6 Å².